The average Bonchev–Trinajstić information content (AvgIpc) is 3.61. The van der Waals surface area contributed by atoms with Crippen LogP contribution in [0.25, 0.3) is 10.8 Å². The highest BCUT2D eigenvalue weighted by molar-refractivity contribution is 8.20. The van der Waals surface area contributed by atoms with Crippen LogP contribution in [0.2, 0.25) is 0 Å². The first kappa shape index (κ1) is 29.3. The largest absolute Gasteiger partial charge is 0.490 e. The fourth-order valence-electron chi connectivity index (χ4n) is 3.92. The summed E-state index contributed by atoms with van der Waals surface area (Å²) in [4.78, 5) is 0. The molecule has 2 heterocycles. The molecule has 2 aromatic carbocycles. The number of aliphatic hydroxyl groups is 2. The molecule has 0 aromatic heterocycles. The van der Waals surface area contributed by atoms with E-state index < -0.39 is 12.2 Å². The summed E-state index contributed by atoms with van der Waals surface area (Å²) in [6.07, 6.45) is 1.41. The van der Waals surface area contributed by atoms with Gasteiger partial charge in [0.2, 0.25) is 0 Å². The lowest BCUT2D eigenvalue weighted by molar-refractivity contribution is 0.126. The van der Waals surface area contributed by atoms with Crippen LogP contribution in [0.1, 0.15) is 12.8 Å². The summed E-state index contributed by atoms with van der Waals surface area (Å²) in [5, 5.41) is 22.7. The van der Waals surface area contributed by atoms with Crippen molar-refractivity contribution in [2.75, 3.05) is 59.2 Å². The number of thioether (sulfide) groups is 6. The first-order valence-corrected chi connectivity index (χ1v) is 18.9. The molecule has 2 atom stereocenters. The van der Waals surface area contributed by atoms with Gasteiger partial charge in [-0.3, -0.25) is 0 Å². The van der Waals surface area contributed by atoms with Crippen LogP contribution in [0.15, 0.2) is 36.4 Å². The van der Waals surface area contributed by atoms with Crippen LogP contribution in [0.4, 0.5) is 0 Å². The topological polar surface area (TPSA) is 58.9 Å². The zero-order chi connectivity index (χ0) is 25.0. The number of aliphatic hydroxyl groups excluding tert-OH is 2. The van der Waals surface area contributed by atoms with Crippen molar-refractivity contribution < 1.29 is 19.7 Å². The van der Waals surface area contributed by atoms with Crippen molar-refractivity contribution in [3.8, 4) is 11.5 Å². The zero-order valence-electron chi connectivity index (χ0n) is 20.4. The third-order valence-corrected chi connectivity index (χ3v) is 14.3. The summed E-state index contributed by atoms with van der Waals surface area (Å²) in [6.45, 7) is 0.551. The number of rotatable bonds is 16. The van der Waals surface area contributed by atoms with Gasteiger partial charge in [0.05, 0.1) is 21.4 Å². The Morgan fingerprint density at radius 1 is 0.694 bits per heavy atom. The first-order chi connectivity index (χ1) is 17.7. The molecule has 2 aliphatic heterocycles. The monoisotopic (exact) mass is 604 g/mol. The molecule has 2 aliphatic rings. The van der Waals surface area contributed by atoms with E-state index in [2.05, 4.69) is 47.0 Å². The minimum atomic E-state index is -0.493. The van der Waals surface area contributed by atoms with Gasteiger partial charge in [-0.2, -0.15) is 23.5 Å². The SMILES string of the molecule is OC(COc1cccc2c(OCC(O)CSCCC3SCCS3)cccc12)CSCCC1SCCS1. The molecule has 2 unspecified atom stereocenters. The summed E-state index contributed by atoms with van der Waals surface area (Å²) in [6, 6.07) is 11.8. The van der Waals surface area contributed by atoms with Crippen LogP contribution in [0, 0.1) is 0 Å². The van der Waals surface area contributed by atoms with Crippen molar-refractivity contribution in [2.45, 2.75) is 34.2 Å². The lowest BCUT2D eigenvalue weighted by atomic mass is 10.1. The van der Waals surface area contributed by atoms with Gasteiger partial charge in [0.25, 0.3) is 0 Å². The van der Waals surface area contributed by atoms with E-state index in [4.69, 9.17) is 9.47 Å². The zero-order valence-corrected chi connectivity index (χ0v) is 25.3. The van der Waals surface area contributed by atoms with Crippen LogP contribution in [-0.4, -0.2) is 90.8 Å². The molecule has 0 saturated carbocycles. The number of hydrogen-bond donors (Lipinski definition) is 2. The summed E-state index contributed by atoms with van der Waals surface area (Å²) < 4.78 is 13.5. The first-order valence-electron chi connectivity index (χ1n) is 12.4. The second-order valence-electron chi connectivity index (χ2n) is 8.61. The Balaban J connectivity index is 1.19. The summed E-state index contributed by atoms with van der Waals surface area (Å²) in [5.41, 5.74) is 0. The number of fused-ring (bicyclic) bond motifs is 1. The van der Waals surface area contributed by atoms with Crippen molar-refractivity contribution in [3.05, 3.63) is 36.4 Å². The minimum absolute atomic E-state index is 0.276. The van der Waals surface area contributed by atoms with Crippen molar-refractivity contribution in [1.29, 1.82) is 0 Å². The van der Waals surface area contributed by atoms with Gasteiger partial charge in [-0.25, -0.2) is 0 Å². The third-order valence-electron chi connectivity index (χ3n) is 5.70. The fourth-order valence-corrected chi connectivity index (χ4v) is 12.0. The van der Waals surface area contributed by atoms with Crippen LogP contribution in [0.3, 0.4) is 0 Å². The van der Waals surface area contributed by atoms with Crippen molar-refractivity contribution >= 4 is 81.3 Å². The van der Waals surface area contributed by atoms with E-state index in [1.807, 2.05) is 59.9 Å². The number of hydrogen-bond acceptors (Lipinski definition) is 10. The van der Waals surface area contributed by atoms with E-state index in [-0.39, 0.29) is 13.2 Å². The summed E-state index contributed by atoms with van der Waals surface area (Å²) in [7, 11) is 0. The molecule has 36 heavy (non-hydrogen) atoms. The smallest absolute Gasteiger partial charge is 0.127 e. The van der Waals surface area contributed by atoms with Gasteiger partial charge in [-0.05, 0) is 36.5 Å². The second-order valence-corrected chi connectivity index (χ2v) is 16.7. The number of ether oxygens (including phenoxy) is 2. The van der Waals surface area contributed by atoms with Crippen LogP contribution in [0.5, 0.6) is 11.5 Å². The highest BCUT2D eigenvalue weighted by atomic mass is 32.2. The van der Waals surface area contributed by atoms with E-state index in [0.717, 1.165) is 42.9 Å². The van der Waals surface area contributed by atoms with Gasteiger partial charge < -0.3 is 19.7 Å². The van der Waals surface area contributed by atoms with Crippen molar-refractivity contribution in [3.63, 3.8) is 0 Å². The molecule has 2 aromatic rings. The van der Waals surface area contributed by atoms with Crippen molar-refractivity contribution in [2.24, 2.45) is 0 Å². The maximum absolute atomic E-state index is 10.4. The Bertz CT molecular complexity index is 834. The Morgan fingerprint density at radius 3 is 1.53 bits per heavy atom. The van der Waals surface area contributed by atoms with Gasteiger partial charge in [0.15, 0.2) is 0 Å². The predicted octanol–water partition coefficient (Wildman–Crippen LogP) is 6.18. The Morgan fingerprint density at radius 2 is 1.11 bits per heavy atom. The lowest BCUT2D eigenvalue weighted by Crippen LogP contribution is -2.21. The minimum Gasteiger partial charge on any atom is -0.490 e. The van der Waals surface area contributed by atoms with Crippen LogP contribution < -0.4 is 9.47 Å². The molecule has 0 amide bonds. The van der Waals surface area contributed by atoms with Gasteiger partial charge in [-0.1, -0.05) is 24.3 Å². The highest BCUT2D eigenvalue weighted by Gasteiger charge is 2.17. The molecule has 0 aliphatic carbocycles. The van der Waals surface area contributed by atoms with E-state index >= 15 is 0 Å². The molecule has 0 bridgehead atoms. The molecular weight excluding hydrogens is 569 g/mol. The molecular formula is C26H36O4S6. The number of benzene rings is 2. The molecule has 200 valence electrons. The molecule has 10 heteroatoms. The Labute approximate surface area is 240 Å². The van der Waals surface area contributed by atoms with Gasteiger partial charge in [-0.15, -0.1) is 47.0 Å². The summed E-state index contributed by atoms with van der Waals surface area (Å²) >= 11 is 11.9. The lowest BCUT2D eigenvalue weighted by Gasteiger charge is -2.16. The molecule has 2 saturated heterocycles. The Kier molecular flexibility index (Phi) is 13.4. The van der Waals surface area contributed by atoms with Gasteiger partial charge in [0.1, 0.15) is 24.7 Å². The van der Waals surface area contributed by atoms with E-state index in [0.29, 0.717) is 11.5 Å². The maximum atomic E-state index is 10.4. The highest BCUT2D eigenvalue weighted by Crippen LogP contribution is 2.36. The fraction of sp³-hybridized carbons (Fsp3) is 0.615. The van der Waals surface area contributed by atoms with E-state index in [1.165, 1.54) is 35.9 Å². The van der Waals surface area contributed by atoms with Crippen LogP contribution >= 0.6 is 70.6 Å². The molecule has 2 fully saturated rings. The molecule has 2 N–H and O–H groups in total. The Hall–Kier alpha value is 0.320. The second kappa shape index (κ2) is 16.4. The maximum Gasteiger partial charge on any atom is 0.127 e. The molecule has 0 spiro atoms. The van der Waals surface area contributed by atoms with E-state index in [9.17, 15) is 10.2 Å². The van der Waals surface area contributed by atoms with Gasteiger partial charge in [0, 0.05) is 45.3 Å². The average molecular weight is 605 g/mol. The van der Waals surface area contributed by atoms with Crippen LogP contribution in [-0.2, 0) is 0 Å². The quantitative estimate of drug-likeness (QED) is 0.217. The summed E-state index contributed by atoms with van der Waals surface area (Å²) in [5.74, 6) is 10.1. The molecule has 0 radical (unpaired) electrons. The van der Waals surface area contributed by atoms with Crippen molar-refractivity contribution in [1.82, 2.24) is 0 Å². The predicted molar refractivity (Wildman–Crippen MR) is 168 cm³/mol. The standard InChI is InChI=1S/C26H36O4S6/c27-19(17-31-9-7-25-33-11-12-34-25)15-29-23-5-1-3-21-22(23)4-2-6-24(21)30-16-20(28)18-32-10-8-26-35-13-14-36-26/h1-6,19-20,25-28H,7-18H2. The van der Waals surface area contributed by atoms with Gasteiger partial charge >= 0.3 is 0 Å². The molecule has 4 nitrogen and oxygen atoms in total. The van der Waals surface area contributed by atoms with E-state index in [1.54, 1.807) is 0 Å². The molecule has 4 rings (SSSR count). The normalized spacial score (nSPS) is 18.6. The third kappa shape index (κ3) is 9.81.